The normalized spacial score (nSPS) is 11.3. The van der Waals surface area contributed by atoms with Crippen molar-refractivity contribution in [1.29, 1.82) is 0 Å². The van der Waals surface area contributed by atoms with Crippen molar-refractivity contribution in [2.75, 3.05) is 28.0 Å². The topological polar surface area (TPSA) is 87.2 Å². The van der Waals surface area contributed by atoms with Gasteiger partial charge in [-0.2, -0.15) is 4.98 Å². The molecule has 3 rings (SSSR count). The molecule has 0 amide bonds. The van der Waals surface area contributed by atoms with Crippen LogP contribution in [0.3, 0.4) is 0 Å². The van der Waals surface area contributed by atoms with Crippen LogP contribution in [-0.2, 0) is 10.0 Å². The number of sulfonamides is 1. The van der Waals surface area contributed by atoms with E-state index in [2.05, 4.69) is 38.8 Å². The highest BCUT2D eigenvalue weighted by molar-refractivity contribution is 7.92. The third-order valence-corrected chi connectivity index (χ3v) is 6.60. The Hall–Kier alpha value is -2.55. The van der Waals surface area contributed by atoms with Crippen molar-refractivity contribution in [2.45, 2.75) is 25.7 Å². The summed E-state index contributed by atoms with van der Waals surface area (Å²) in [5.41, 5.74) is 1.96. The van der Waals surface area contributed by atoms with Crippen LogP contribution < -0.4 is 14.9 Å². The van der Waals surface area contributed by atoms with Crippen molar-refractivity contribution >= 4 is 56.4 Å². The number of rotatable bonds is 8. The molecule has 3 aromatic rings. The zero-order chi connectivity index (χ0) is 22.6. The average Bonchev–Trinajstić information content (AvgIpc) is 2.71. The molecule has 0 aliphatic rings. The van der Waals surface area contributed by atoms with Gasteiger partial charge >= 0.3 is 0 Å². The highest BCUT2D eigenvalue weighted by Gasteiger charge is 2.18. The molecule has 0 atom stereocenters. The average molecular weight is 480 g/mol. The minimum Gasteiger partial charge on any atom is -0.357 e. The van der Waals surface area contributed by atoms with E-state index < -0.39 is 10.0 Å². The molecule has 2 N–H and O–H groups in total. The Kier molecular flexibility index (Phi) is 7.25. The molecule has 1 heterocycles. The number of hydrogen-bond acceptors (Lipinski definition) is 6. The lowest BCUT2D eigenvalue weighted by atomic mass is 10.3. The fraction of sp³-hybridized carbons (Fsp3) is 0.238. The van der Waals surface area contributed by atoms with Crippen LogP contribution in [0.15, 0.2) is 53.4 Å². The van der Waals surface area contributed by atoms with Gasteiger partial charge in [-0.3, -0.25) is 4.72 Å². The summed E-state index contributed by atoms with van der Waals surface area (Å²) in [5.74, 6) is 1.32. The quantitative estimate of drug-likeness (QED) is 0.444. The SMILES string of the molecule is CCN(CC)c1cc(C)nc(Nc2ccc(NS(=O)(=O)c3cc(Cl)ccc3Cl)cc2)n1. The summed E-state index contributed by atoms with van der Waals surface area (Å²) in [6.07, 6.45) is 0. The largest absolute Gasteiger partial charge is 0.357 e. The summed E-state index contributed by atoms with van der Waals surface area (Å²) in [6.45, 7) is 7.75. The van der Waals surface area contributed by atoms with Gasteiger partial charge in [0.15, 0.2) is 0 Å². The first kappa shape index (κ1) is 23.1. The van der Waals surface area contributed by atoms with E-state index in [1.807, 2.05) is 13.0 Å². The van der Waals surface area contributed by atoms with Crippen LogP contribution in [-0.4, -0.2) is 31.5 Å². The molecular formula is C21H23Cl2N5O2S. The summed E-state index contributed by atoms with van der Waals surface area (Å²) in [7, 11) is -3.88. The van der Waals surface area contributed by atoms with Crippen LogP contribution >= 0.6 is 23.2 Å². The van der Waals surface area contributed by atoms with Gasteiger partial charge in [0.2, 0.25) is 5.95 Å². The van der Waals surface area contributed by atoms with E-state index in [0.29, 0.717) is 11.6 Å². The number of anilines is 4. The Balaban J connectivity index is 1.77. The molecule has 0 saturated heterocycles. The zero-order valence-corrected chi connectivity index (χ0v) is 19.7. The highest BCUT2D eigenvalue weighted by Crippen LogP contribution is 2.27. The maximum absolute atomic E-state index is 12.7. The standard InChI is InChI=1S/C21H23Cl2N5O2S/c1-4-28(5-2)20-12-14(3)24-21(26-20)25-16-7-9-17(10-8-16)27-31(29,30)19-13-15(22)6-11-18(19)23/h6-13,27H,4-5H2,1-3H3,(H,24,25,26). The fourth-order valence-corrected chi connectivity index (χ4v) is 4.78. The van der Waals surface area contributed by atoms with E-state index in [4.69, 9.17) is 23.2 Å². The monoisotopic (exact) mass is 479 g/mol. The van der Waals surface area contributed by atoms with Gasteiger partial charge in [-0.05, 0) is 63.2 Å². The van der Waals surface area contributed by atoms with Gasteiger partial charge in [0.1, 0.15) is 10.7 Å². The molecule has 10 heteroatoms. The fourth-order valence-electron chi connectivity index (χ4n) is 2.96. The van der Waals surface area contributed by atoms with Crippen molar-refractivity contribution in [3.8, 4) is 0 Å². The molecule has 0 fully saturated rings. The summed E-state index contributed by atoms with van der Waals surface area (Å²) in [4.78, 5) is 11.1. The second-order valence-electron chi connectivity index (χ2n) is 6.75. The van der Waals surface area contributed by atoms with Crippen molar-refractivity contribution < 1.29 is 8.42 Å². The molecule has 0 radical (unpaired) electrons. The number of nitrogens with one attached hydrogen (secondary N) is 2. The third kappa shape index (κ3) is 5.78. The molecule has 0 spiro atoms. The predicted octanol–water partition coefficient (Wildman–Crippen LogP) is 5.48. The van der Waals surface area contributed by atoms with E-state index >= 15 is 0 Å². The highest BCUT2D eigenvalue weighted by atomic mass is 35.5. The number of hydrogen-bond donors (Lipinski definition) is 2. The summed E-state index contributed by atoms with van der Waals surface area (Å²) < 4.78 is 27.8. The van der Waals surface area contributed by atoms with Crippen molar-refractivity contribution in [3.63, 3.8) is 0 Å². The van der Waals surface area contributed by atoms with E-state index in [1.54, 1.807) is 24.3 Å². The van der Waals surface area contributed by atoms with Crippen molar-refractivity contribution in [3.05, 3.63) is 64.3 Å². The van der Waals surface area contributed by atoms with E-state index in [9.17, 15) is 8.42 Å². The van der Waals surface area contributed by atoms with Gasteiger partial charge in [0.25, 0.3) is 10.0 Å². The Morgan fingerprint density at radius 1 is 0.935 bits per heavy atom. The van der Waals surface area contributed by atoms with Crippen LogP contribution in [0.4, 0.5) is 23.1 Å². The maximum atomic E-state index is 12.7. The van der Waals surface area contributed by atoms with Gasteiger partial charge in [-0.15, -0.1) is 0 Å². The molecule has 0 aliphatic heterocycles. The second kappa shape index (κ2) is 9.72. The van der Waals surface area contributed by atoms with Gasteiger partial charge in [-0.25, -0.2) is 13.4 Å². The zero-order valence-electron chi connectivity index (χ0n) is 17.4. The third-order valence-electron chi connectivity index (χ3n) is 4.50. The molecule has 0 unspecified atom stereocenters. The first-order chi connectivity index (χ1) is 14.7. The van der Waals surface area contributed by atoms with E-state index in [-0.39, 0.29) is 14.9 Å². The number of aryl methyl sites for hydroxylation is 1. The first-order valence-corrected chi connectivity index (χ1v) is 11.9. The summed E-state index contributed by atoms with van der Waals surface area (Å²) in [6, 6.07) is 13.0. The molecule has 2 aromatic carbocycles. The number of aromatic nitrogens is 2. The lowest BCUT2D eigenvalue weighted by Gasteiger charge is -2.20. The maximum Gasteiger partial charge on any atom is 0.263 e. The Bertz CT molecular complexity index is 1170. The minimum atomic E-state index is -3.88. The Morgan fingerprint density at radius 2 is 1.58 bits per heavy atom. The number of halogens is 2. The van der Waals surface area contributed by atoms with E-state index in [0.717, 1.165) is 30.3 Å². The lowest BCUT2D eigenvalue weighted by Crippen LogP contribution is -2.23. The van der Waals surface area contributed by atoms with E-state index in [1.165, 1.54) is 18.2 Å². The smallest absolute Gasteiger partial charge is 0.263 e. The van der Waals surface area contributed by atoms with Crippen LogP contribution in [0.1, 0.15) is 19.5 Å². The predicted molar refractivity (Wildman–Crippen MR) is 127 cm³/mol. The molecular weight excluding hydrogens is 457 g/mol. The summed E-state index contributed by atoms with van der Waals surface area (Å²) in [5, 5.41) is 3.54. The molecule has 0 bridgehead atoms. The van der Waals surface area contributed by atoms with Gasteiger partial charge in [0.05, 0.1) is 5.02 Å². The first-order valence-electron chi connectivity index (χ1n) is 9.67. The number of benzene rings is 2. The molecule has 31 heavy (non-hydrogen) atoms. The second-order valence-corrected chi connectivity index (χ2v) is 9.24. The lowest BCUT2D eigenvalue weighted by molar-refractivity contribution is 0.601. The molecule has 164 valence electrons. The molecule has 0 saturated carbocycles. The van der Waals surface area contributed by atoms with Crippen LogP contribution in [0.5, 0.6) is 0 Å². The van der Waals surface area contributed by atoms with Gasteiger partial charge in [-0.1, -0.05) is 23.2 Å². The van der Waals surface area contributed by atoms with Crippen LogP contribution in [0.2, 0.25) is 10.0 Å². The van der Waals surface area contributed by atoms with Gasteiger partial charge in [0, 0.05) is 41.2 Å². The Labute approximate surface area is 192 Å². The minimum absolute atomic E-state index is 0.0824. The van der Waals surface area contributed by atoms with Gasteiger partial charge < -0.3 is 10.2 Å². The molecule has 7 nitrogen and oxygen atoms in total. The van der Waals surface area contributed by atoms with Crippen molar-refractivity contribution in [1.82, 2.24) is 9.97 Å². The molecule has 0 aliphatic carbocycles. The molecule has 1 aromatic heterocycles. The number of nitrogens with zero attached hydrogens (tertiary/aromatic N) is 3. The summed E-state index contributed by atoms with van der Waals surface area (Å²) >= 11 is 11.9. The van der Waals surface area contributed by atoms with Crippen LogP contribution in [0, 0.1) is 6.92 Å². The Morgan fingerprint density at radius 3 is 2.23 bits per heavy atom. The van der Waals surface area contributed by atoms with Crippen LogP contribution in [0.25, 0.3) is 0 Å². The van der Waals surface area contributed by atoms with Crippen molar-refractivity contribution in [2.24, 2.45) is 0 Å².